The molecule has 0 radical (unpaired) electrons. The number of aliphatic hydroxyl groups excluding tert-OH is 1. The number of carbonyl (C=O) groups excluding carboxylic acids is 1. The second-order valence-electron chi connectivity index (χ2n) is 3.69. The number of carbonyl (C=O) groups is 1. The highest BCUT2D eigenvalue weighted by atomic mass is 79.9. The molecule has 7 heteroatoms. The zero-order valence-electron chi connectivity index (χ0n) is 10.1. The van der Waals surface area contributed by atoms with Crippen LogP contribution < -0.4 is 0 Å². The molecule has 0 atom stereocenters. The highest BCUT2D eigenvalue weighted by Crippen LogP contribution is 2.26. The van der Waals surface area contributed by atoms with Crippen molar-refractivity contribution in [3.05, 3.63) is 51.0 Å². The van der Waals surface area contributed by atoms with Crippen molar-refractivity contribution in [2.45, 2.75) is 0 Å². The van der Waals surface area contributed by atoms with Gasteiger partial charge < -0.3 is 10.0 Å². The molecular weight excluding hydrogens is 316 g/mol. The van der Waals surface area contributed by atoms with Crippen LogP contribution in [0.2, 0.25) is 0 Å². The molecule has 1 amide bonds. The average molecular weight is 329 g/mol. The summed E-state index contributed by atoms with van der Waals surface area (Å²) < 4.78 is 0.312. The molecule has 0 aliphatic carbocycles. The molecule has 0 heterocycles. The number of benzene rings is 1. The van der Waals surface area contributed by atoms with Gasteiger partial charge in [-0.25, -0.2) is 0 Å². The van der Waals surface area contributed by atoms with E-state index in [1.165, 1.54) is 29.2 Å². The molecule has 0 saturated carbocycles. The molecule has 0 aliphatic heterocycles. The minimum absolute atomic E-state index is 0.148. The first kappa shape index (κ1) is 15.3. The van der Waals surface area contributed by atoms with Crippen LogP contribution in [0.25, 0.3) is 0 Å². The molecule has 0 aromatic heterocycles. The first-order valence-electron chi connectivity index (χ1n) is 5.46. The predicted octanol–water partition coefficient (Wildman–Crippen LogP) is 1.98. The average Bonchev–Trinajstić information content (AvgIpc) is 2.38. The highest BCUT2D eigenvalue weighted by Gasteiger charge is 2.19. The zero-order valence-corrected chi connectivity index (χ0v) is 11.7. The van der Waals surface area contributed by atoms with Crippen molar-refractivity contribution >= 4 is 27.5 Å². The third kappa shape index (κ3) is 3.87. The summed E-state index contributed by atoms with van der Waals surface area (Å²) in [6, 6.07) is 4.16. The normalized spacial score (nSPS) is 10.0. The van der Waals surface area contributed by atoms with Crippen LogP contribution in [0.4, 0.5) is 5.69 Å². The van der Waals surface area contributed by atoms with Crippen LogP contribution in [-0.2, 0) is 0 Å². The lowest BCUT2D eigenvalue weighted by Gasteiger charge is -2.19. The molecule has 1 N–H and O–H groups in total. The number of nitrogens with zero attached hydrogens (tertiary/aromatic N) is 2. The van der Waals surface area contributed by atoms with E-state index in [4.69, 9.17) is 5.11 Å². The van der Waals surface area contributed by atoms with Gasteiger partial charge in [0.2, 0.25) is 0 Å². The Bertz CT molecular complexity index is 505. The van der Waals surface area contributed by atoms with Crippen molar-refractivity contribution in [1.29, 1.82) is 0 Å². The Labute approximate surface area is 118 Å². The number of nitro benzene ring substituents is 1. The second kappa shape index (κ2) is 7.01. The lowest BCUT2D eigenvalue weighted by atomic mass is 10.1. The number of nitro groups is 1. The van der Waals surface area contributed by atoms with Crippen LogP contribution >= 0.6 is 15.9 Å². The smallest absolute Gasteiger partial charge is 0.284 e. The Kier molecular flexibility index (Phi) is 5.65. The van der Waals surface area contributed by atoms with Crippen molar-refractivity contribution < 1.29 is 14.8 Å². The SMILES string of the molecule is C=CCN(CCO)C(=O)c1ccc(Br)c([N+](=O)[O-])c1. The summed E-state index contributed by atoms with van der Waals surface area (Å²) in [5.41, 5.74) is 0.0265. The molecule has 1 aromatic rings. The second-order valence-corrected chi connectivity index (χ2v) is 4.54. The maximum Gasteiger partial charge on any atom is 0.284 e. The van der Waals surface area contributed by atoms with Crippen LogP contribution in [0, 0.1) is 10.1 Å². The predicted molar refractivity (Wildman–Crippen MR) is 74.0 cm³/mol. The molecule has 0 unspecified atom stereocenters. The topological polar surface area (TPSA) is 83.7 Å². The van der Waals surface area contributed by atoms with Gasteiger partial charge in [0.25, 0.3) is 11.6 Å². The first-order valence-corrected chi connectivity index (χ1v) is 6.25. The van der Waals surface area contributed by atoms with E-state index in [0.29, 0.717) is 4.47 Å². The Morgan fingerprint density at radius 2 is 2.26 bits per heavy atom. The molecule has 0 saturated heterocycles. The van der Waals surface area contributed by atoms with Crippen molar-refractivity contribution in [1.82, 2.24) is 4.90 Å². The molecule has 6 nitrogen and oxygen atoms in total. The van der Waals surface area contributed by atoms with Crippen LogP contribution in [0.5, 0.6) is 0 Å². The van der Waals surface area contributed by atoms with Crippen molar-refractivity contribution in [2.75, 3.05) is 19.7 Å². The molecule has 19 heavy (non-hydrogen) atoms. The zero-order chi connectivity index (χ0) is 14.4. The van der Waals surface area contributed by atoms with Gasteiger partial charge in [-0.1, -0.05) is 6.08 Å². The molecule has 102 valence electrons. The third-order valence-electron chi connectivity index (χ3n) is 2.40. The van der Waals surface area contributed by atoms with Crippen molar-refractivity contribution in [3.63, 3.8) is 0 Å². The summed E-state index contributed by atoms with van der Waals surface area (Å²) in [4.78, 5) is 23.7. The Morgan fingerprint density at radius 3 is 2.79 bits per heavy atom. The molecule has 0 fully saturated rings. The third-order valence-corrected chi connectivity index (χ3v) is 3.07. The monoisotopic (exact) mass is 328 g/mol. The van der Waals surface area contributed by atoms with Gasteiger partial charge >= 0.3 is 0 Å². The van der Waals surface area contributed by atoms with Gasteiger partial charge in [0.05, 0.1) is 16.0 Å². The lowest BCUT2D eigenvalue weighted by molar-refractivity contribution is -0.385. The van der Waals surface area contributed by atoms with E-state index in [1.807, 2.05) is 0 Å². The molecule has 1 aromatic carbocycles. The maximum atomic E-state index is 12.1. The number of amides is 1. The van der Waals surface area contributed by atoms with E-state index in [0.717, 1.165) is 0 Å². The summed E-state index contributed by atoms with van der Waals surface area (Å²) in [6.07, 6.45) is 1.53. The molecular formula is C12H13BrN2O4. The van der Waals surface area contributed by atoms with Gasteiger partial charge in [0, 0.05) is 24.7 Å². The van der Waals surface area contributed by atoms with Gasteiger partial charge in [-0.2, -0.15) is 0 Å². The number of hydrogen-bond acceptors (Lipinski definition) is 4. The van der Waals surface area contributed by atoms with Crippen LogP contribution in [0.3, 0.4) is 0 Å². The highest BCUT2D eigenvalue weighted by molar-refractivity contribution is 9.10. The van der Waals surface area contributed by atoms with E-state index < -0.39 is 4.92 Å². The van der Waals surface area contributed by atoms with Crippen molar-refractivity contribution in [2.24, 2.45) is 0 Å². The fourth-order valence-electron chi connectivity index (χ4n) is 1.52. The number of hydrogen-bond donors (Lipinski definition) is 1. The van der Waals surface area contributed by atoms with E-state index in [1.54, 1.807) is 0 Å². The van der Waals surface area contributed by atoms with Crippen LogP contribution in [-0.4, -0.2) is 40.5 Å². The van der Waals surface area contributed by atoms with Crippen molar-refractivity contribution in [3.8, 4) is 0 Å². The summed E-state index contributed by atoms with van der Waals surface area (Å²) in [5, 5.41) is 19.7. The Hall–Kier alpha value is -1.73. The van der Waals surface area contributed by atoms with Gasteiger partial charge in [0.1, 0.15) is 0 Å². The fraction of sp³-hybridized carbons (Fsp3) is 0.250. The number of aliphatic hydroxyl groups is 1. The quantitative estimate of drug-likeness (QED) is 0.491. The van der Waals surface area contributed by atoms with Gasteiger partial charge in [-0.3, -0.25) is 14.9 Å². The maximum absolute atomic E-state index is 12.1. The molecule has 1 rings (SSSR count). The Morgan fingerprint density at radius 1 is 1.58 bits per heavy atom. The lowest BCUT2D eigenvalue weighted by Crippen LogP contribution is -2.33. The van der Waals surface area contributed by atoms with Gasteiger partial charge in [0.15, 0.2) is 0 Å². The minimum atomic E-state index is -0.565. The van der Waals surface area contributed by atoms with Gasteiger partial charge in [-0.15, -0.1) is 6.58 Å². The molecule has 0 spiro atoms. The standard InChI is InChI=1S/C12H13BrN2O4/c1-2-5-14(6-7-16)12(17)9-3-4-10(13)11(8-9)15(18)19/h2-4,8,16H,1,5-7H2. The summed E-state index contributed by atoms with van der Waals surface area (Å²) in [5.74, 6) is -0.385. The molecule has 0 bridgehead atoms. The van der Waals surface area contributed by atoms with Crippen LogP contribution in [0.15, 0.2) is 35.3 Å². The summed E-state index contributed by atoms with van der Waals surface area (Å²) in [6.45, 7) is 3.76. The number of halogens is 1. The minimum Gasteiger partial charge on any atom is -0.395 e. The van der Waals surface area contributed by atoms with E-state index in [2.05, 4.69) is 22.5 Å². The van der Waals surface area contributed by atoms with Crippen LogP contribution in [0.1, 0.15) is 10.4 Å². The van der Waals surface area contributed by atoms with E-state index in [9.17, 15) is 14.9 Å². The van der Waals surface area contributed by atoms with E-state index >= 15 is 0 Å². The molecule has 0 aliphatic rings. The Balaban J connectivity index is 3.07. The van der Waals surface area contributed by atoms with E-state index in [-0.39, 0.29) is 36.9 Å². The number of rotatable bonds is 6. The fourth-order valence-corrected chi connectivity index (χ4v) is 1.91. The largest absolute Gasteiger partial charge is 0.395 e. The summed E-state index contributed by atoms with van der Waals surface area (Å²) >= 11 is 3.06. The first-order chi connectivity index (χ1) is 9.01. The summed E-state index contributed by atoms with van der Waals surface area (Å²) in [7, 11) is 0. The van der Waals surface area contributed by atoms with Gasteiger partial charge in [-0.05, 0) is 28.1 Å².